The second-order valence-electron chi connectivity index (χ2n) is 4.22. The van der Waals surface area contributed by atoms with Gasteiger partial charge in [-0.05, 0) is 19.1 Å². The molecule has 0 aliphatic heterocycles. The molecule has 3 rings (SSSR count). The summed E-state index contributed by atoms with van der Waals surface area (Å²) >= 11 is 1.21. The van der Waals surface area contributed by atoms with Crippen LogP contribution in [-0.2, 0) is 0 Å². The van der Waals surface area contributed by atoms with E-state index >= 15 is 0 Å². The first-order chi connectivity index (χ1) is 10.1. The number of nitrogens with one attached hydrogen (secondary N) is 1. The van der Waals surface area contributed by atoms with Crippen molar-refractivity contribution in [3.8, 4) is 11.5 Å². The molecular formula is C13H11N5O2S. The Morgan fingerprint density at radius 3 is 2.81 bits per heavy atom. The number of carbonyl (C=O) groups is 1. The Labute approximate surface area is 123 Å². The van der Waals surface area contributed by atoms with Crippen molar-refractivity contribution in [3.05, 3.63) is 41.2 Å². The van der Waals surface area contributed by atoms with Crippen LogP contribution in [0.5, 0.6) is 0 Å². The second kappa shape index (κ2) is 5.33. The van der Waals surface area contributed by atoms with E-state index in [9.17, 15) is 4.79 Å². The first-order valence-corrected chi connectivity index (χ1v) is 6.93. The van der Waals surface area contributed by atoms with Crippen molar-refractivity contribution in [1.29, 1.82) is 0 Å². The van der Waals surface area contributed by atoms with Gasteiger partial charge >= 0.3 is 0 Å². The van der Waals surface area contributed by atoms with Crippen LogP contribution in [0.2, 0.25) is 0 Å². The molecule has 0 atom stereocenters. The third kappa shape index (κ3) is 2.75. The van der Waals surface area contributed by atoms with Gasteiger partial charge in [0.1, 0.15) is 5.69 Å². The van der Waals surface area contributed by atoms with Gasteiger partial charge in [-0.3, -0.25) is 4.79 Å². The molecule has 0 bridgehead atoms. The predicted molar refractivity (Wildman–Crippen MR) is 79.0 cm³/mol. The minimum Gasteiger partial charge on any atom is -0.375 e. The average molecular weight is 301 g/mol. The summed E-state index contributed by atoms with van der Waals surface area (Å²) in [5.74, 6) is 0.534. The Hall–Kier alpha value is -2.74. The zero-order chi connectivity index (χ0) is 14.8. The number of amides is 1. The number of carbonyl (C=O) groups excluding carboxylic acids is 1. The molecule has 2 heterocycles. The van der Waals surface area contributed by atoms with Crippen molar-refractivity contribution < 1.29 is 9.32 Å². The predicted octanol–water partition coefficient (Wildman–Crippen LogP) is 2.34. The van der Waals surface area contributed by atoms with E-state index < -0.39 is 0 Å². The molecule has 106 valence electrons. The van der Waals surface area contributed by atoms with Gasteiger partial charge in [0.25, 0.3) is 11.8 Å². The smallest absolute Gasteiger partial charge is 0.275 e. The number of thiazole rings is 1. The van der Waals surface area contributed by atoms with E-state index in [0.717, 1.165) is 0 Å². The molecule has 0 aliphatic rings. The van der Waals surface area contributed by atoms with Crippen molar-refractivity contribution in [1.82, 2.24) is 15.1 Å². The van der Waals surface area contributed by atoms with Crippen LogP contribution in [0.15, 0.2) is 34.2 Å². The zero-order valence-corrected chi connectivity index (χ0v) is 11.8. The SMILES string of the molecule is Cc1noc(-c2ccccc2NC(=O)c2csc(N)n2)n1. The summed E-state index contributed by atoms with van der Waals surface area (Å²) in [6.07, 6.45) is 0. The standard InChI is InChI=1S/C13H11N5O2S/c1-7-15-12(20-18-7)8-4-2-3-5-9(8)16-11(19)10-6-21-13(14)17-10/h2-6H,1H3,(H2,14,17)(H,16,19). The number of aryl methyl sites for hydroxylation is 1. The molecule has 2 aromatic heterocycles. The van der Waals surface area contributed by atoms with Gasteiger partial charge < -0.3 is 15.6 Å². The summed E-state index contributed by atoms with van der Waals surface area (Å²) in [6.45, 7) is 1.73. The van der Waals surface area contributed by atoms with Crippen LogP contribution in [0.3, 0.4) is 0 Å². The van der Waals surface area contributed by atoms with Gasteiger partial charge in [0.15, 0.2) is 11.0 Å². The Kier molecular flexibility index (Phi) is 3.36. The van der Waals surface area contributed by atoms with E-state index in [1.54, 1.807) is 30.5 Å². The lowest BCUT2D eigenvalue weighted by Crippen LogP contribution is -2.13. The lowest BCUT2D eigenvalue weighted by Gasteiger charge is -2.06. The van der Waals surface area contributed by atoms with E-state index in [4.69, 9.17) is 10.3 Å². The Morgan fingerprint density at radius 1 is 1.33 bits per heavy atom. The summed E-state index contributed by atoms with van der Waals surface area (Å²) in [6, 6.07) is 7.17. The Morgan fingerprint density at radius 2 is 2.14 bits per heavy atom. The molecule has 1 aromatic carbocycles. The summed E-state index contributed by atoms with van der Waals surface area (Å²) in [5, 5.41) is 8.47. The van der Waals surface area contributed by atoms with Gasteiger partial charge in [-0.2, -0.15) is 4.98 Å². The van der Waals surface area contributed by atoms with Gasteiger partial charge in [0.05, 0.1) is 11.3 Å². The largest absolute Gasteiger partial charge is 0.375 e. The van der Waals surface area contributed by atoms with Crippen LogP contribution in [0.25, 0.3) is 11.5 Å². The molecule has 0 fully saturated rings. The number of benzene rings is 1. The first-order valence-electron chi connectivity index (χ1n) is 6.05. The van der Waals surface area contributed by atoms with Crippen molar-refractivity contribution in [3.63, 3.8) is 0 Å². The summed E-state index contributed by atoms with van der Waals surface area (Å²) in [4.78, 5) is 20.2. The third-order valence-electron chi connectivity index (χ3n) is 2.69. The zero-order valence-electron chi connectivity index (χ0n) is 11.0. The lowest BCUT2D eigenvalue weighted by atomic mass is 10.1. The van der Waals surface area contributed by atoms with E-state index in [-0.39, 0.29) is 11.6 Å². The van der Waals surface area contributed by atoms with Crippen molar-refractivity contribution >= 4 is 28.1 Å². The molecule has 3 aromatic rings. The normalized spacial score (nSPS) is 10.5. The number of anilines is 2. The maximum absolute atomic E-state index is 12.1. The Bertz CT molecular complexity index is 795. The Balaban J connectivity index is 1.91. The average Bonchev–Trinajstić information content (AvgIpc) is 3.08. The van der Waals surface area contributed by atoms with Crippen LogP contribution in [0.1, 0.15) is 16.3 Å². The van der Waals surface area contributed by atoms with E-state index in [1.807, 2.05) is 6.07 Å². The number of nitrogens with two attached hydrogens (primary N) is 1. The maximum atomic E-state index is 12.1. The fraction of sp³-hybridized carbons (Fsp3) is 0.0769. The fourth-order valence-corrected chi connectivity index (χ4v) is 2.31. The summed E-state index contributed by atoms with van der Waals surface area (Å²) in [7, 11) is 0. The lowest BCUT2D eigenvalue weighted by molar-refractivity contribution is 0.102. The molecule has 8 heteroatoms. The van der Waals surface area contributed by atoms with Crippen LogP contribution in [0, 0.1) is 6.92 Å². The highest BCUT2D eigenvalue weighted by Crippen LogP contribution is 2.26. The van der Waals surface area contributed by atoms with Crippen LogP contribution in [-0.4, -0.2) is 21.0 Å². The number of nitrogens with zero attached hydrogens (tertiary/aromatic N) is 3. The number of hydrogen-bond acceptors (Lipinski definition) is 7. The van der Waals surface area contributed by atoms with Gasteiger partial charge in [-0.1, -0.05) is 17.3 Å². The number of rotatable bonds is 3. The van der Waals surface area contributed by atoms with Gasteiger partial charge in [-0.25, -0.2) is 4.98 Å². The molecule has 7 nitrogen and oxygen atoms in total. The number of para-hydroxylation sites is 1. The topological polar surface area (TPSA) is 107 Å². The third-order valence-corrected chi connectivity index (χ3v) is 3.36. The highest BCUT2D eigenvalue weighted by molar-refractivity contribution is 7.13. The van der Waals surface area contributed by atoms with E-state index in [2.05, 4.69) is 20.4 Å². The quantitative estimate of drug-likeness (QED) is 0.769. The molecule has 0 saturated carbocycles. The minimum absolute atomic E-state index is 0.272. The first kappa shape index (κ1) is 13.3. The summed E-state index contributed by atoms with van der Waals surface area (Å²) in [5.41, 5.74) is 7.02. The van der Waals surface area contributed by atoms with Gasteiger partial charge in [0, 0.05) is 5.38 Å². The van der Waals surface area contributed by atoms with Crippen molar-refractivity contribution in [2.24, 2.45) is 0 Å². The van der Waals surface area contributed by atoms with Gasteiger partial charge in [0.2, 0.25) is 0 Å². The molecule has 0 aliphatic carbocycles. The number of hydrogen-bond donors (Lipinski definition) is 2. The molecule has 3 N–H and O–H groups in total. The van der Waals surface area contributed by atoms with E-state index in [0.29, 0.717) is 28.1 Å². The van der Waals surface area contributed by atoms with Crippen molar-refractivity contribution in [2.75, 3.05) is 11.1 Å². The molecule has 0 radical (unpaired) electrons. The highest BCUT2D eigenvalue weighted by atomic mass is 32.1. The number of nitrogen functional groups attached to an aromatic ring is 1. The van der Waals surface area contributed by atoms with Crippen LogP contribution >= 0.6 is 11.3 Å². The molecular weight excluding hydrogens is 290 g/mol. The molecule has 0 unspecified atom stereocenters. The molecule has 1 amide bonds. The second-order valence-corrected chi connectivity index (χ2v) is 5.11. The van der Waals surface area contributed by atoms with Crippen molar-refractivity contribution in [2.45, 2.75) is 6.92 Å². The van der Waals surface area contributed by atoms with Gasteiger partial charge in [-0.15, -0.1) is 11.3 Å². The molecule has 21 heavy (non-hydrogen) atoms. The highest BCUT2D eigenvalue weighted by Gasteiger charge is 2.15. The van der Waals surface area contributed by atoms with Crippen LogP contribution in [0.4, 0.5) is 10.8 Å². The summed E-state index contributed by atoms with van der Waals surface area (Å²) < 4.78 is 5.14. The monoisotopic (exact) mass is 301 g/mol. The maximum Gasteiger partial charge on any atom is 0.275 e. The van der Waals surface area contributed by atoms with Crippen LogP contribution < -0.4 is 11.1 Å². The molecule has 0 saturated heterocycles. The minimum atomic E-state index is -0.341. The van der Waals surface area contributed by atoms with E-state index in [1.165, 1.54) is 11.3 Å². The molecule has 0 spiro atoms. The number of aromatic nitrogens is 3. The fourth-order valence-electron chi connectivity index (χ4n) is 1.76.